The predicted molar refractivity (Wildman–Crippen MR) is 119 cm³/mol. The zero-order valence-electron chi connectivity index (χ0n) is 18.6. The van der Waals surface area contributed by atoms with E-state index in [9.17, 15) is 5.11 Å². The molecule has 3 aliphatic heterocycles. The Hall–Kier alpha value is -2.92. The summed E-state index contributed by atoms with van der Waals surface area (Å²) in [4.78, 5) is 0. The van der Waals surface area contributed by atoms with Gasteiger partial charge in [0, 0.05) is 28.3 Å². The first kappa shape index (κ1) is 20.0. The van der Waals surface area contributed by atoms with Crippen LogP contribution in [-0.2, 0) is 12.0 Å². The van der Waals surface area contributed by atoms with E-state index in [-0.39, 0.29) is 12.2 Å². The maximum Gasteiger partial charge on any atom is 0.168 e. The fraction of sp³-hybridized carbons (Fsp3) is 0.385. The molecule has 5 nitrogen and oxygen atoms in total. The van der Waals surface area contributed by atoms with Gasteiger partial charge in [-0.1, -0.05) is 17.7 Å². The molecule has 31 heavy (non-hydrogen) atoms. The highest BCUT2D eigenvalue weighted by Crippen LogP contribution is 2.57. The first-order valence-electron chi connectivity index (χ1n) is 10.6. The maximum atomic E-state index is 11.7. The van der Waals surface area contributed by atoms with Crippen molar-refractivity contribution in [1.29, 1.82) is 0 Å². The Labute approximate surface area is 182 Å². The minimum atomic E-state index is -1.26. The number of allylic oxidation sites excluding steroid dienone is 2. The number of ether oxygens (including phenoxy) is 4. The summed E-state index contributed by atoms with van der Waals surface area (Å²) in [5.74, 6) is 2.90. The van der Waals surface area contributed by atoms with E-state index in [1.54, 1.807) is 7.11 Å². The molecule has 2 aromatic rings. The third kappa shape index (κ3) is 3.10. The van der Waals surface area contributed by atoms with Crippen LogP contribution in [0.25, 0.3) is 6.08 Å². The second-order valence-corrected chi connectivity index (χ2v) is 9.29. The fourth-order valence-corrected chi connectivity index (χ4v) is 4.55. The number of aliphatic hydroxyl groups is 1. The van der Waals surface area contributed by atoms with Gasteiger partial charge in [0.25, 0.3) is 0 Å². The van der Waals surface area contributed by atoms with Gasteiger partial charge < -0.3 is 24.1 Å². The van der Waals surface area contributed by atoms with Crippen molar-refractivity contribution in [3.8, 4) is 23.0 Å². The topological polar surface area (TPSA) is 57.2 Å². The van der Waals surface area contributed by atoms with Crippen LogP contribution in [0.3, 0.4) is 0 Å². The summed E-state index contributed by atoms with van der Waals surface area (Å²) in [7, 11) is 1.66. The molecule has 0 fully saturated rings. The predicted octanol–water partition coefficient (Wildman–Crippen LogP) is 5.10. The van der Waals surface area contributed by atoms with Gasteiger partial charge in [0.2, 0.25) is 0 Å². The summed E-state index contributed by atoms with van der Waals surface area (Å²) in [5.41, 5.74) is 3.04. The number of hydrogen-bond donors (Lipinski definition) is 1. The number of fused-ring (bicyclic) bond motifs is 6. The van der Waals surface area contributed by atoms with E-state index in [0.29, 0.717) is 17.9 Å². The summed E-state index contributed by atoms with van der Waals surface area (Å²) >= 11 is 0. The van der Waals surface area contributed by atoms with Gasteiger partial charge in [-0.15, -0.1) is 0 Å². The van der Waals surface area contributed by atoms with Crippen molar-refractivity contribution in [3.05, 3.63) is 64.2 Å². The first-order chi connectivity index (χ1) is 14.7. The molecule has 0 saturated carbocycles. The number of rotatable bonds is 3. The van der Waals surface area contributed by atoms with Gasteiger partial charge in [0.1, 0.15) is 35.2 Å². The third-order valence-electron chi connectivity index (χ3n) is 6.20. The van der Waals surface area contributed by atoms with Gasteiger partial charge in [-0.05, 0) is 58.4 Å². The highest BCUT2D eigenvalue weighted by molar-refractivity contribution is 5.66. The van der Waals surface area contributed by atoms with Crippen LogP contribution in [0, 0.1) is 0 Å². The molecule has 2 atom stereocenters. The average molecular weight is 421 g/mol. The quantitative estimate of drug-likeness (QED) is 0.700. The smallest absolute Gasteiger partial charge is 0.168 e. The van der Waals surface area contributed by atoms with Crippen molar-refractivity contribution in [3.63, 3.8) is 0 Å². The van der Waals surface area contributed by atoms with E-state index in [0.717, 1.165) is 33.8 Å². The molecular formula is C26H28O5. The summed E-state index contributed by atoms with van der Waals surface area (Å²) in [6.07, 6.45) is 6.33. The second-order valence-electron chi connectivity index (χ2n) is 9.29. The minimum Gasteiger partial charge on any atom is -0.496 e. The Kier molecular flexibility index (Phi) is 4.38. The molecule has 2 unspecified atom stereocenters. The molecule has 0 aliphatic carbocycles. The normalized spacial score (nSPS) is 23.9. The molecule has 0 bridgehead atoms. The van der Waals surface area contributed by atoms with Gasteiger partial charge >= 0.3 is 0 Å². The lowest BCUT2D eigenvalue weighted by molar-refractivity contribution is -0.0865. The van der Waals surface area contributed by atoms with Gasteiger partial charge in [-0.25, -0.2) is 0 Å². The van der Waals surface area contributed by atoms with Crippen molar-refractivity contribution in [2.24, 2.45) is 0 Å². The van der Waals surface area contributed by atoms with Gasteiger partial charge in [-0.2, -0.15) is 0 Å². The molecule has 0 radical (unpaired) electrons. The molecule has 0 amide bonds. The Morgan fingerprint density at radius 3 is 2.77 bits per heavy atom. The van der Waals surface area contributed by atoms with Crippen LogP contribution < -0.4 is 18.9 Å². The van der Waals surface area contributed by atoms with Crippen LogP contribution in [0.15, 0.2) is 42.0 Å². The number of benzene rings is 2. The Morgan fingerprint density at radius 1 is 1.23 bits per heavy atom. The minimum absolute atomic E-state index is 0.115. The molecule has 0 aromatic heterocycles. The highest BCUT2D eigenvalue weighted by atomic mass is 16.5. The Morgan fingerprint density at radius 2 is 2.03 bits per heavy atom. The van der Waals surface area contributed by atoms with Crippen LogP contribution >= 0.6 is 0 Å². The van der Waals surface area contributed by atoms with E-state index in [1.165, 1.54) is 5.57 Å². The Bertz CT molecular complexity index is 1120. The molecule has 1 N–H and O–H groups in total. The number of methoxy groups -OCH3 is 1. The largest absolute Gasteiger partial charge is 0.496 e. The van der Waals surface area contributed by atoms with Crippen LogP contribution in [0.4, 0.5) is 0 Å². The van der Waals surface area contributed by atoms with E-state index in [1.807, 2.05) is 44.2 Å². The van der Waals surface area contributed by atoms with Crippen molar-refractivity contribution in [2.45, 2.75) is 51.4 Å². The van der Waals surface area contributed by atoms with Crippen LogP contribution in [0.5, 0.6) is 23.0 Å². The lowest BCUT2D eigenvalue weighted by Gasteiger charge is -2.36. The third-order valence-corrected chi connectivity index (χ3v) is 6.20. The monoisotopic (exact) mass is 420 g/mol. The maximum absolute atomic E-state index is 11.7. The number of hydrogen-bond acceptors (Lipinski definition) is 5. The van der Waals surface area contributed by atoms with Crippen LogP contribution in [0.2, 0.25) is 0 Å². The lowest BCUT2D eigenvalue weighted by Crippen LogP contribution is -2.41. The highest BCUT2D eigenvalue weighted by Gasteiger charge is 2.54. The zero-order chi connectivity index (χ0) is 22.0. The van der Waals surface area contributed by atoms with E-state index < -0.39 is 11.7 Å². The van der Waals surface area contributed by atoms with Gasteiger partial charge in [0.15, 0.2) is 11.7 Å². The van der Waals surface area contributed by atoms with E-state index in [2.05, 4.69) is 26.0 Å². The van der Waals surface area contributed by atoms with Crippen molar-refractivity contribution in [1.82, 2.24) is 0 Å². The molecule has 162 valence electrons. The molecule has 5 heteroatoms. The average Bonchev–Trinajstić information content (AvgIpc) is 3.03. The SMILES string of the molecule is COc1ccc2c(c1CC=C(C)C)OC1c3cc4c(cc3OCC21O)OC(C)(C)C=C4. The van der Waals surface area contributed by atoms with Crippen molar-refractivity contribution < 1.29 is 24.1 Å². The van der Waals surface area contributed by atoms with E-state index in [4.69, 9.17) is 18.9 Å². The summed E-state index contributed by atoms with van der Waals surface area (Å²) in [6, 6.07) is 7.70. The first-order valence-corrected chi connectivity index (χ1v) is 10.6. The molecular weight excluding hydrogens is 392 g/mol. The molecule has 5 rings (SSSR count). The van der Waals surface area contributed by atoms with E-state index >= 15 is 0 Å². The fourth-order valence-electron chi connectivity index (χ4n) is 4.55. The van der Waals surface area contributed by atoms with Gasteiger partial charge in [-0.3, -0.25) is 0 Å². The standard InChI is InChI=1S/C26H28O5/c1-15(2)6-7-17-20(28-5)9-8-19-23(17)30-24-18-12-16-10-11-25(3,4)31-21(16)13-22(18)29-14-26(19,24)27/h6,8-13,24,27H,7,14H2,1-5H3. The van der Waals surface area contributed by atoms with Crippen molar-refractivity contribution in [2.75, 3.05) is 13.7 Å². The van der Waals surface area contributed by atoms with Gasteiger partial charge in [0.05, 0.1) is 7.11 Å². The Balaban J connectivity index is 1.61. The van der Waals surface area contributed by atoms with Crippen LogP contribution in [0.1, 0.15) is 56.1 Å². The van der Waals surface area contributed by atoms with Crippen LogP contribution in [-0.4, -0.2) is 24.4 Å². The molecule has 3 heterocycles. The zero-order valence-corrected chi connectivity index (χ0v) is 18.6. The second kappa shape index (κ2) is 6.79. The van der Waals surface area contributed by atoms with Crippen molar-refractivity contribution >= 4 is 6.08 Å². The molecule has 3 aliphatic rings. The molecule has 2 aromatic carbocycles. The summed E-state index contributed by atoms with van der Waals surface area (Å²) in [6.45, 7) is 8.28. The lowest BCUT2D eigenvalue weighted by atomic mass is 9.83. The molecule has 0 spiro atoms. The summed E-state index contributed by atoms with van der Waals surface area (Å²) < 4.78 is 24.2. The molecule has 0 saturated heterocycles. The summed E-state index contributed by atoms with van der Waals surface area (Å²) in [5, 5.41) is 11.7.